The molecule has 1 aromatic heterocycles. The molecule has 4 nitrogen and oxygen atoms in total. The Balaban J connectivity index is 0.00000162. The first-order valence-corrected chi connectivity index (χ1v) is 6.18. The molecule has 0 aromatic carbocycles. The summed E-state index contributed by atoms with van der Waals surface area (Å²) >= 11 is 0. The van der Waals surface area contributed by atoms with Crippen LogP contribution in [0.1, 0.15) is 25.0 Å². The summed E-state index contributed by atoms with van der Waals surface area (Å²) in [5.41, 5.74) is 1.69. The summed E-state index contributed by atoms with van der Waals surface area (Å²) in [6, 6.07) is 3.73. The molecule has 2 N–H and O–H groups in total. The van der Waals surface area contributed by atoms with Gasteiger partial charge in [0, 0.05) is 12.6 Å². The summed E-state index contributed by atoms with van der Waals surface area (Å²) < 4.78 is 0. The molecule has 0 saturated carbocycles. The van der Waals surface area contributed by atoms with Crippen LogP contribution in [-0.2, 0) is 4.79 Å². The van der Waals surface area contributed by atoms with E-state index in [1.165, 1.54) is 0 Å². The number of halogens is 2. The molecular formula is C13H21Cl2N3O. The van der Waals surface area contributed by atoms with Gasteiger partial charge in [0.15, 0.2) is 0 Å². The summed E-state index contributed by atoms with van der Waals surface area (Å²) in [6.07, 6.45) is 4.55. The molecule has 0 atom stereocenters. The second-order valence-electron chi connectivity index (χ2n) is 4.58. The predicted molar refractivity (Wildman–Crippen MR) is 82.3 cm³/mol. The summed E-state index contributed by atoms with van der Waals surface area (Å²) in [7, 11) is 0. The topological polar surface area (TPSA) is 54.0 Å². The average Bonchev–Trinajstić information content (AvgIpc) is 2.33. The van der Waals surface area contributed by atoms with Gasteiger partial charge in [-0.3, -0.25) is 9.78 Å². The maximum absolute atomic E-state index is 11.9. The minimum Gasteiger partial charge on any atom is -0.324 e. The highest BCUT2D eigenvalue weighted by Gasteiger charge is 2.17. The number of hydrogen-bond acceptors (Lipinski definition) is 3. The zero-order valence-corrected chi connectivity index (χ0v) is 12.6. The molecule has 1 amide bonds. The Bertz CT molecular complexity index is 395. The van der Waals surface area contributed by atoms with Crippen molar-refractivity contribution in [3.63, 3.8) is 0 Å². The van der Waals surface area contributed by atoms with Gasteiger partial charge in [0.1, 0.15) is 0 Å². The van der Waals surface area contributed by atoms with Gasteiger partial charge >= 0.3 is 0 Å². The number of amides is 1. The number of pyridine rings is 1. The number of piperidine rings is 1. The quantitative estimate of drug-likeness (QED) is 0.902. The molecule has 0 bridgehead atoms. The largest absolute Gasteiger partial charge is 0.324 e. The Hall–Kier alpha value is -0.840. The fraction of sp³-hybridized carbons (Fsp3) is 0.538. The number of aryl methyl sites for hydroxylation is 1. The van der Waals surface area contributed by atoms with Gasteiger partial charge in [-0.1, -0.05) is 0 Å². The highest BCUT2D eigenvalue weighted by atomic mass is 35.5. The van der Waals surface area contributed by atoms with Crippen LogP contribution in [0.3, 0.4) is 0 Å². The van der Waals surface area contributed by atoms with Crippen LogP contribution in [0.5, 0.6) is 0 Å². The number of anilines is 1. The number of carbonyl (C=O) groups excluding carboxylic acids is 1. The Labute approximate surface area is 126 Å². The van der Waals surface area contributed by atoms with E-state index in [0.29, 0.717) is 12.3 Å². The SMILES string of the molecule is Cc1ncccc1NC(=O)CC1CCNCC1.Cl.Cl. The monoisotopic (exact) mass is 305 g/mol. The molecule has 2 rings (SSSR count). The number of carbonyl (C=O) groups is 1. The van der Waals surface area contributed by atoms with Crippen LogP contribution < -0.4 is 10.6 Å². The van der Waals surface area contributed by atoms with Gasteiger partial charge in [-0.25, -0.2) is 0 Å². The van der Waals surface area contributed by atoms with E-state index in [4.69, 9.17) is 0 Å². The van der Waals surface area contributed by atoms with E-state index in [1.54, 1.807) is 6.20 Å². The summed E-state index contributed by atoms with van der Waals surface area (Å²) in [6.45, 7) is 3.97. The summed E-state index contributed by atoms with van der Waals surface area (Å²) in [4.78, 5) is 16.0. The minimum absolute atomic E-state index is 0. The van der Waals surface area contributed by atoms with Gasteiger partial charge in [0.25, 0.3) is 0 Å². The van der Waals surface area contributed by atoms with Crippen molar-refractivity contribution in [2.24, 2.45) is 5.92 Å². The highest BCUT2D eigenvalue weighted by molar-refractivity contribution is 5.91. The molecule has 2 heterocycles. The van der Waals surface area contributed by atoms with Gasteiger partial charge in [-0.05, 0) is 50.9 Å². The fourth-order valence-electron chi connectivity index (χ4n) is 2.17. The van der Waals surface area contributed by atoms with Gasteiger partial charge in [0.05, 0.1) is 11.4 Å². The van der Waals surface area contributed by atoms with Crippen LogP contribution in [-0.4, -0.2) is 24.0 Å². The van der Waals surface area contributed by atoms with E-state index in [9.17, 15) is 4.79 Å². The normalized spacial score (nSPS) is 15.0. The zero-order valence-electron chi connectivity index (χ0n) is 11.0. The van der Waals surface area contributed by atoms with Crippen molar-refractivity contribution in [2.45, 2.75) is 26.2 Å². The lowest BCUT2D eigenvalue weighted by Gasteiger charge is -2.22. The second-order valence-corrected chi connectivity index (χ2v) is 4.58. The maximum Gasteiger partial charge on any atom is 0.224 e. The van der Waals surface area contributed by atoms with Crippen molar-refractivity contribution in [3.8, 4) is 0 Å². The van der Waals surface area contributed by atoms with Crippen LogP contribution >= 0.6 is 24.8 Å². The van der Waals surface area contributed by atoms with Crippen molar-refractivity contribution in [1.82, 2.24) is 10.3 Å². The lowest BCUT2D eigenvalue weighted by molar-refractivity contribution is -0.117. The van der Waals surface area contributed by atoms with Crippen LogP contribution in [0.4, 0.5) is 5.69 Å². The molecule has 1 aromatic rings. The first-order chi connectivity index (χ1) is 8.25. The molecule has 1 saturated heterocycles. The van der Waals surface area contributed by atoms with Crippen molar-refractivity contribution < 1.29 is 4.79 Å². The third-order valence-electron chi connectivity index (χ3n) is 3.21. The van der Waals surface area contributed by atoms with Gasteiger partial charge in [0.2, 0.25) is 5.91 Å². The van der Waals surface area contributed by atoms with Gasteiger partial charge in [-0.2, -0.15) is 0 Å². The Kier molecular flexibility index (Phi) is 8.72. The first-order valence-electron chi connectivity index (χ1n) is 6.18. The first kappa shape index (κ1) is 18.2. The van der Waals surface area contributed by atoms with Crippen LogP contribution in [0.2, 0.25) is 0 Å². The predicted octanol–water partition coefficient (Wildman–Crippen LogP) is 2.56. The number of aromatic nitrogens is 1. The molecule has 19 heavy (non-hydrogen) atoms. The molecule has 1 aliphatic heterocycles. The van der Waals surface area contributed by atoms with E-state index >= 15 is 0 Å². The van der Waals surface area contributed by atoms with Gasteiger partial charge < -0.3 is 10.6 Å². The second kappa shape index (κ2) is 9.13. The molecule has 1 fully saturated rings. The molecule has 1 aliphatic rings. The van der Waals surface area contributed by atoms with Crippen molar-refractivity contribution >= 4 is 36.4 Å². The van der Waals surface area contributed by atoms with Crippen LogP contribution in [0.15, 0.2) is 18.3 Å². The average molecular weight is 306 g/mol. The molecular weight excluding hydrogens is 285 g/mol. The van der Waals surface area contributed by atoms with E-state index < -0.39 is 0 Å². The van der Waals surface area contributed by atoms with Crippen molar-refractivity contribution in [1.29, 1.82) is 0 Å². The smallest absolute Gasteiger partial charge is 0.224 e. The van der Waals surface area contributed by atoms with Gasteiger partial charge in [-0.15, -0.1) is 24.8 Å². The maximum atomic E-state index is 11.9. The molecule has 108 valence electrons. The molecule has 0 aliphatic carbocycles. The third kappa shape index (κ3) is 5.76. The van der Waals surface area contributed by atoms with E-state index in [0.717, 1.165) is 37.3 Å². The molecule has 0 spiro atoms. The number of nitrogens with zero attached hydrogens (tertiary/aromatic N) is 1. The summed E-state index contributed by atoms with van der Waals surface area (Å²) in [5, 5.41) is 6.24. The molecule has 0 unspecified atom stereocenters. The third-order valence-corrected chi connectivity index (χ3v) is 3.21. The Morgan fingerprint density at radius 1 is 1.42 bits per heavy atom. The van der Waals surface area contributed by atoms with Crippen molar-refractivity contribution in [2.75, 3.05) is 18.4 Å². The van der Waals surface area contributed by atoms with Crippen LogP contribution in [0.25, 0.3) is 0 Å². The minimum atomic E-state index is 0. The lowest BCUT2D eigenvalue weighted by atomic mass is 9.94. The number of nitrogens with one attached hydrogen (secondary N) is 2. The van der Waals surface area contributed by atoms with E-state index in [-0.39, 0.29) is 30.7 Å². The van der Waals surface area contributed by atoms with E-state index in [2.05, 4.69) is 15.6 Å². The zero-order chi connectivity index (χ0) is 12.1. The Morgan fingerprint density at radius 2 is 2.11 bits per heavy atom. The van der Waals surface area contributed by atoms with E-state index in [1.807, 2.05) is 19.1 Å². The number of hydrogen-bond donors (Lipinski definition) is 2. The molecule has 0 radical (unpaired) electrons. The Morgan fingerprint density at radius 3 is 2.74 bits per heavy atom. The fourth-order valence-corrected chi connectivity index (χ4v) is 2.17. The lowest BCUT2D eigenvalue weighted by Crippen LogP contribution is -2.30. The standard InChI is InChI=1S/C13H19N3O.2ClH/c1-10-12(3-2-6-15-10)16-13(17)9-11-4-7-14-8-5-11;;/h2-3,6,11,14H,4-5,7-9H2,1H3,(H,16,17);2*1H. The highest BCUT2D eigenvalue weighted by Crippen LogP contribution is 2.17. The molecule has 6 heteroatoms. The number of rotatable bonds is 3. The van der Waals surface area contributed by atoms with Crippen molar-refractivity contribution in [3.05, 3.63) is 24.0 Å². The summed E-state index contributed by atoms with van der Waals surface area (Å²) in [5.74, 6) is 0.626. The van der Waals surface area contributed by atoms with Crippen LogP contribution in [0, 0.1) is 12.8 Å².